The molecule has 1 aromatic heterocycles. The molecule has 2 aliphatic carbocycles. The van der Waals surface area contributed by atoms with E-state index in [1.165, 1.54) is 52.1 Å². The van der Waals surface area contributed by atoms with E-state index in [9.17, 15) is 8.78 Å². The zero-order valence-corrected chi connectivity index (χ0v) is 21.4. The van der Waals surface area contributed by atoms with Crippen molar-refractivity contribution in [2.24, 2.45) is 0 Å². The summed E-state index contributed by atoms with van der Waals surface area (Å²) in [5.41, 5.74) is 10.9. The number of nitrogens with zero attached hydrogens (tertiary/aromatic N) is 2. The van der Waals surface area contributed by atoms with Crippen molar-refractivity contribution < 1.29 is 8.78 Å². The number of benzene rings is 5. The molecular formula is C36H22F2N2. The molecule has 6 aromatic rings. The first-order valence-electron chi connectivity index (χ1n) is 13.3. The Labute approximate surface area is 230 Å². The maximum absolute atomic E-state index is 14.5. The second-order valence-electron chi connectivity index (χ2n) is 10.3. The Morgan fingerprint density at radius 3 is 1.65 bits per heavy atom. The standard InChI is InChI=1S/C36H22F2N2/c37-23-7-5-9-25(19-23)40(26-10-6-8-24(38)20-26)27-15-16-30-31-22-39-18-17-34(31)36(35(30)21-27)32-13-3-1-11-28(32)29-12-2-4-14-33(29)36/h1-22H. The lowest BCUT2D eigenvalue weighted by atomic mass is 9.70. The first-order chi connectivity index (χ1) is 19.7. The average Bonchev–Trinajstić information content (AvgIpc) is 3.45. The minimum atomic E-state index is -0.535. The van der Waals surface area contributed by atoms with E-state index in [-0.39, 0.29) is 11.6 Å². The average molecular weight is 521 g/mol. The summed E-state index contributed by atoms with van der Waals surface area (Å²) >= 11 is 0. The Morgan fingerprint density at radius 1 is 0.475 bits per heavy atom. The van der Waals surface area contributed by atoms with Crippen molar-refractivity contribution in [3.63, 3.8) is 0 Å². The Hall–Kier alpha value is -5.09. The predicted molar refractivity (Wildman–Crippen MR) is 155 cm³/mol. The molecule has 190 valence electrons. The molecule has 1 spiro atoms. The summed E-state index contributed by atoms with van der Waals surface area (Å²) in [6.07, 6.45) is 3.81. The van der Waals surface area contributed by atoms with E-state index in [1.807, 2.05) is 35.5 Å². The smallest absolute Gasteiger partial charge is 0.125 e. The molecule has 0 N–H and O–H groups in total. The topological polar surface area (TPSA) is 16.1 Å². The fraction of sp³-hybridized carbons (Fsp3) is 0.0278. The Bertz CT molecular complexity index is 1850. The highest BCUT2D eigenvalue weighted by atomic mass is 19.1. The summed E-state index contributed by atoms with van der Waals surface area (Å²) in [7, 11) is 0. The van der Waals surface area contributed by atoms with Crippen LogP contribution >= 0.6 is 0 Å². The summed E-state index contributed by atoms with van der Waals surface area (Å²) in [6.45, 7) is 0. The van der Waals surface area contributed by atoms with Gasteiger partial charge in [-0.2, -0.15) is 0 Å². The van der Waals surface area contributed by atoms with E-state index in [4.69, 9.17) is 0 Å². The van der Waals surface area contributed by atoms with Gasteiger partial charge in [0.25, 0.3) is 0 Å². The lowest BCUT2D eigenvalue weighted by Crippen LogP contribution is -2.26. The van der Waals surface area contributed by atoms with Gasteiger partial charge in [-0.25, -0.2) is 8.78 Å². The van der Waals surface area contributed by atoms with Crippen molar-refractivity contribution in [2.75, 3.05) is 4.90 Å². The van der Waals surface area contributed by atoms with Crippen LogP contribution in [0.25, 0.3) is 22.3 Å². The molecular weight excluding hydrogens is 498 g/mol. The summed E-state index contributed by atoms with van der Waals surface area (Å²) in [5.74, 6) is -0.706. The third-order valence-corrected chi connectivity index (χ3v) is 8.27. The van der Waals surface area contributed by atoms with E-state index in [1.54, 1.807) is 12.1 Å². The van der Waals surface area contributed by atoms with Gasteiger partial charge in [0.15, 0.2) is 0 Å². The first-order valence-corrected chi connectivity index (χ1v) is 13.3. The number of aromatic nitrogens is 1. The molecule has 2 nitrogen and oxygen atoms in total. The van der Waals surface area contributed by atoms with Crippen LogP contribution in [0.5, 0.6) is 0 Å². The van der Waals surface area contributed by atoms with Crippen LogP contribution in [0.15, 0.2) is 134 Å². The van der Waals surface area contributed by atoms with Crippen LogP contribution in [0, 0.1) is 11.6 Å². The molecule has 4 heteroatoms. The number of hydrogen-bond donors (Lipinski definition) is 0. The highest BCUT2D eigenvalue weighted by Gasteiger charge is 2.51. The number of fused-ring (bicyclic) bond motifs is 10. The van der Waals surface area contributed by atoms with Gasteiger partial charge in [0.05, 0.1) is 5.41 Å². The quantitative estimate of drug-likeness (QED) is 0.231. The highest BCUT2D eigenvalue weighted by molar-refractivity contribution is 5.96. The van der Waals surface area contributed by atoms with Crippen molar-refractivity contribution in [2.45, 2.75) is 5.41 Å². The number of anilines is 3. The Kier molecular flexibility index (Phi) is 4.83. The number of hydrogen-bond acceptors (Lipinski definition) is 2. The van der Waals surface area contributed by atoms with Crippen molar-refractivity contribution in [1.82, 2.24) is 4.98 Å². The minimum Gasteiger partial charge on any atom is -0.310 e. The van der Waals surface area contributed by atoms with Crippen LogP contribution in [0.1, 0.15) is 22.3 Å². The van der Waals surface area contributed by atoms with Gasteiger partial charge in [0.1, 0.15) is 11.6 Å². The number of pyridine rings is 1. The molecule has 0 radical (unpaired) electrons. The second kappa shape index (κ2) is 8.45. The largest absolute Gasteiger partial charge is 0.310 e. The summed E-state index contributed by atoms with van der Waals surface area (Å²) in [5, 5.41) is 0. The summed E-state index contributed by atoms with van der Waals surface area (Å²) in [4.78, 5) is 6.41. The maximum Gasteiger partial charge on any atom is 0.125 e. The fourth-order valence-electron chi connectivity index (χ4n) is 6.79. The van der Waals surface area contributed by atoms with Gasteiger partial charge in [-0.05, 0) is 93.5 Å². The van der Waals surface area contributed by atoms with Crippen molar-refractivity contribution in [3.05, 3.63) is 168 Å². The van der Waals surface area contributed by atoms with Crippen molar-refractivity contribution >= 4 is 17.1 Å². The molecule has 0 aliphatic heterocycles. The zero-order valence-electron chi connectivity index (χ0n) is 21.4. The number of halogens is 2. The predicted octanol–water partition coefficient (Wildman–Crippen LogP) is 9.17. The van der Waals surface area contributed by atoms with Gasteiger partial charge in [0.2, 0.25) is 0 Å². The molecule has 0 saturated heterocycles. The lowest BCUT2D eigenvalue weighted by Gasteiger charge is -2.32. The van der Waals surface area contributed by atoms with Crippen molar-refractivity contribution in [3.8, 4) is 22.3 Å². The molecule has 1 heterocycles. The Morgan fingerprint density at radius 2 is 1.02 bits per heavy atom. The molecule has 0 fully saturated rings. The molecule has 0 atom stereocenters. The maximum atomic E-state index is 14.5. The van der Waals surface area contributed by atoms with E-state index < -0.39 is 5.41 Å². The van der Waals surface area contributed by atoms with Gasteiger partial charge in [-0.3, -0.25) is 4.98 Å². The van der Waals surface area contributed by atoms with E-state index in [0.717, 1.165) is 22.4 Å². The SMILES string of the molecule is Fc1cccc(N(c2cccc(F)c2)c2ccc3c(c2)C2(c4ccccc4-c4ccccc42)c2ccncc2-3)c1. The van der Waals surface area contributed by atoms with Crippen LogP contribution in [-0.2, 0) is 5.41 Å². The number of rotatable bonds is 3. The van der Waals surface area contributed by atoms with Crippen LogP contribution in [0.4, 0.5) is 25.8 Å². The molecule has 0 saturated carbocycles. The lowest BCUT2D eigenvalue weighted by molar-refractivity contribution is 0.627. The van der Waals surface area contributed by atoms with E-state index >= 15 is 0 Å². The summed E-state index contributed by atoms with van der Waals surface area (Å²) < 4.78 is 29.0. The van der Waals surface area contributed by atoms with E-state index in [2.05, 4.69) is 71.7 Å². The van der Waals surface area contributed by atoms with Crippen LogP contribution in [-0.4, -0.2) is 4.98 Å². The third kappa shape index (κ3) is 3.04. The molecule has 40 heavy (non-hydrogen) atoms. The normalized spacial score (nSPS) is 13.4. The third-order valence-electron chi connectivity index (χ3n) is 8.27. The van der Waals surface area contributed by atoms with Gasteiger partial charge >= 0.3 is 0 Å². The van der Waals surface area contributed by atoms with Crippen molar-refractivity contribution in [1.29, 1.82) is 0 Å². The minimum absolute atomic E-state index is 0.353. The van der Waals surface area contributed by atoms with Crippen LogP contribution < -0.4 is 4.90 Å². The first kappa shape index (κ1) is 22.9. The summed E-state index contributed by atoms with van der Waals surface area (Å²) in [6, 6.07) is 38.5. The van der Waals surface area contributed by atoms with Crippen LogP contribution in [0.2, 0.25) is 0 Å². The molecule has 0 unspecified atom stereocenters. The zero-order chi connectivity index (χ0) is 26.8. The van der Waals surface area contributed by atoms with Gasteiger partial charge in [0, 0.05) is 35.0 Å². The van der Waals surface area contributed by atoms with Crippen LogP contribution in [0.3, 0.4) is 0 Å². The van der Waals surface area contributed by atoms with Gasteiger partial charge in [-0.15, -0.1) is 0 Å². The Balaban J connectivity index is 1.45. The molecule has 0 amide bonds. The van der Waals surface area contributed by atoms with Gasteiger partial charge < -0.3 is 4.90 Å². The van der Waals surface area contributed by atoms with E-state index in [0.29, 0.717) is 11.4 Å². The molecule has 0 bridgehead atoms. The second-order valence-corrected chi connectivity index (χ2v) is 10.3. The monoisotopic (exact) mass is 520 g/mol. The van der Waals surface area contributed by atoms with Gasteiger partial charge in [-0.1, -0.05) is 66.7 Å². The molecule has 5 aromatic carbocycles. The fourth-order valence-corrected chi connectivity index (χ4v) is 6.79. The highest BCUT2D eigenvalue weighted by Crippen LogP contribution is 2.63. The molecule has 2 aliphatic rings. The molecule has 8 rings (SSSR count).